The monoisotopic (exact) mass is 345 g/mol. The van der Waals surface area contributed by atoms with Gasteiger partial charge < -0.3 is 9.32 Å². The van der Waals surface area contributed by atoms with Crippen LogP contribution in [-0.2, 0) is 0 Å². The Morgan fingerprint density at radius 1 is 1.04 bits per heavy atom. The first kappa shape index (κ1) is 16.3. The second kappa shape index (κ2) is 7.35. The maximum absolute atomic E-state index is 12.3. The fraction of sp³-hybridized carbons (Fsp3) is 0.190. The molecule has 2 heterocycles. The summed E-state index contributed by atoms with van der Waals surface area (Å²) in [5, 5.41) is 8.41. The van der Waals surface area contributed by atoms with Gasteiger partial charge in [-0.15, -0.1) is 10.2 Å². The van der Waals surface area contributed by atoms with Crippen molar-refractivity contribution in [3.63, 3.8) is 0 Å². The third kappa shape index (κ3) is 3.42. The molecule has 130 valence electrons. The van der Waals surface area contributed by atoms with Gasteiger partial charge in [0.05, 0.1) is 0 Å². The lowest BCUT2D eigenvalue weighted by molar-refractivity contribution is 0.104. The summed E-state index contributed by atoms with van der Waals surface area (Å²) in [6.07, 6.45) is 5.42. The highest BCUT2D eigenvalue weighted by atomic mass is 16.4. The molecule has 0 amide bonds. The average molecular weight is 345 g/mol. The van der Waals surface area contributed by atoms with E-state index in [9.17, 15) is 4.79 Å². The van der Waals surface area contributed by atoms with Gasteiger partial charge in [-0.25, -0.2) is 0 Å². The molecule has 0 spiro atoms. The van der Waals surface area contributed by atoms with E-state index in [0.717, 1.165) is 24.9 Å². The first-order chi connectivity index (χ1) is 12.8. The number of ketones is 1. The highest BCUT2D eigenvalue weighted by molar-refractivity contribution is 6.04. The SMILES string of the molecule is O=C(C=CN1CCCC1c1nnc(-c2ccccc2)o1)c1ccccc1. The zero-order chi connectivity index (χ0) is 17.8. The van der Waals surface area contributed by atoms with Gasteiger partial charge in [-0.05, 0) is 25.0 Å². The van der Waals surface area contributed by atoms with Gasteiger partial charge in [0.1, 0.15) is 6.04 Å². The molecule has 1 aliphatic heterocycles. The Bertz CT molecular complexity index is 903. The molecular formula is C21H19N3O2. The maximum Gasteiger partial charge on any atom is 0.247 e. The van der Waals surface area contributed by atoms with Crippen LogP contribution in [0.2, 0.25) is 0 Å². The molecule has 1 aromatic heterocycles. The lowest BCUT2D eigenvalue weighted by atomic mass is 10.1. The number of allylic oxidation sites excluding steroid dienone is 1. The molecule has 0 aliphatic carbocycles. The van der Waals surface area contributed by atoms with Crippen LogP contribution in [0.1, 0.15) is 35.1 Å². The van der Waals surface area contributed by atoms with Crippen molar-refractivity contribution in [1.82, 2.24) is 15.1 Å². The van der Waals surface area contributed by atoms with Crippen molar-refractivity contribution in [3.05, 3.63) is 84.4 Å². The third-order valence-electron chi connectivity index (χ3n) is 4.52. The molecule has 3 aromatic rings. The van der Waals surface area contributed by atoms with Crippen LogP contribution in [-0.4, -0.2) is 27.4 Å². The highest BCUT2D eigenvalue weighted by Crippen LogP contribution is 2.32. The number of hydrogen-bond donors (Lipinski definition) is 0. The van der Waals surface area contributed by atoms with Gasteiger partial charge >= 0.3 is 0 Å². The molecule has 1 fully saturated rings. The molecule has 1 aliphatic rings. The summed E-state index contributed by atoms with van der Waals surface area (Å²) in [5.74, 6) is 1.11. The van der Waals surface area contributed by atoms with E-state index in [1.54, 1.807) is 6.08 Å². The molecule has 0 N–H and O–H groups in total. The molecule has 1 unspecified atom stereocenters. The molecule has 4 rings (SSSR count). The van der Waals surface area contributed by atoms with Crippen molar-refractivity contribution in [1.29, 1.82) is 0 Å². The number of likely N-dealkylation sites (tertiary alicyclic amines) is 1. The molecule has 5 nitrogen and oxygen atoms in total. The van der Waals surface area contributed by atoms with E-state index in [1.165, 1.54) is 0 Å². The number of carbonyl (C=O) groups is 1. The summed E-state index contributed by atoms with van der Waals surface area (Å²) in [6.45, 7) is 0.867. The van der Waals surface area contributed by atoms with Crippen LogP contribution in [0.5, 0.6) is 0 Å². The average Bonchev–Trinajstić information content (AvgIpc) is 3.36. The summed E-state index contributed by atoms with van der Waals surface area (Å²) in [4.78, 5) is 14.4. The third-order valence-corrected chi connectivity index (χ3v) is 4.52. The second-order valence-corrected chi connectivity index (χ2v) is 6.25. The minimum atomic E-state index is -0.00764. The fourth-order valence-electron chi connectivity index (χ4n) is 3.16. The van der Waals surface area contributed by atoms with Crippen LogP contribution >= 0.6 is 0 Å². The van der Waals surface area contributed by atoms with Gasteiger partial charge in [0.2, 0.25) is 11.8 Å². The molecule has 0 radical (unpaired) electrons. The maximum atomic E-state index is 12.3. The van der Waals surface area contributed by atoms with E-state index < -0.39 is 0 Å². The summed E-state index contributed by atoms with van der Waals surface area (Å²) >= 11 is 0. The number of hydrogen-bond acceptors (Lipinski definition) is 5. The van der Waals surface area contributed by atoms with Crippen LogP contribution in [0.15, 0.2) is 77.4 Å². The lowest BCUT2D eigenvalue weighted by Crippen LogP contribution is -2.17. The van der Waals surface area contributed by atoms with E-state index in [-0.39, 0.29) is 11.8 Å². The first-order valence-corrected chi connectivity index (χ1v) is 8.73. The van der Waals surface area contributed by atoms with Gasteiger partial charge in [-0.3, -0.25) is 4.79 Å². The normalized spacial score (nSPS) is 17.1. The van der Waals surface area contributed by atoms with Crippen molar-refractivity contribution in [2.45, 2.75) is 18.9 Å². The van der Waals surface area contributed by atoms with Crippen LogP contribution in [0.4, 0.5) is 0 Å². The number of aromatic nitrogens is 2. The predicted octanol–water partition coefficient (Wildman–Crippen LogP) is 4.27. The summed E-state index contributed by atoms with van der Waals surface area (Å²) in [7, 11) is 0. The Labute approximate surface area is 152 Å². The van der Waals surface area contributed by atoms with Gasteiger partial charge in [-0.1, -0.05) is 48.5 Å². The highest BCUT2D eigenvalue weighted by Gasteiger charge is 2.28. The number of rotatable bonds is 5. The zero-order valence-corrected chi connectivity index (χ0v) is 14.3. The van der Waals surface area contributed by atoms with E-state index in [4.69, 9.17) is 4.42 Å². The minimum absolute atomic E-state index is 0.00764. The van der Waals surface area contributed by atoms with Crippen molar-refractivity contribution in [2.24, 2.45) is 0 Å². The Kier molecular flexibility index (Phi) is 4.60. The van der Waals surface area contributed by atoms with Crippen LogP contribution < -0.4 is 0 Å². The first-order valence-electron chi connectivity index (χ1n) is 8.73. The Morgan fingerprint density at radius 3 is 2.54 bits per heavy atom. The van der Waals surface area contributed by atoms with Gasteiger partial charge in [-0.2, -0.15) is 0 Å². The predicted molar refractivity (Wildman–Crippen MR) is 98.3 cm³/mol. The van der Waals surface area contributed by atoms with Crippen molar-refractivity contribution in [2.75, 3.05) is 6.54 Å². The molecule has 1 saturated heterocycles. The Morgan fingerprint density at radius 2 is 1.77 bits per heavy atom. The van der Waals surface area contributed by atoms with Gasteiger partial charge in [0, 0.05) is 29.9 Å². The second-order valence-electron chi connectivity index (χ2n) is 6.25. The summed E-state index contributed by atoms with van der Waals surface area (Å²) in [5.41, 5.74) is 1.59. The summed E-state index contributed by atoms with van der Waals surface area (Å²) in [6, 6.07) is 19.0. The van der Waals surface area contributed by atoms with Crippen LogP contribution in [0.25, 0.3) is 11.5 Å². The standard InChI is InChI=1S/C21H19N3O2/c25-19(16-8-3-1-4-9-16)13-15-24-14-7-12-18(24)21-23-22-20(26-21)17-10-5-2-6-11-17/h1-6,8-11,13,15,18H,7,12,14H2. The van der Waals surface area contributed by atoms with E-state index in [1.807, 2.05) is 66.9 Å². The molecule has 1 atom stereocenters. The van der Waals surface area contributed by atoms with Gasteiger partial charge in [0.25, 0.3) is 0 Å². The smallest absolute Gasteiger partial charge is 0.247 e. The van der Waals surface area contributed by atoms with E-state index >= 15 is 0 Å². The number of carbonyl (C=O) groups excluding carboxylic acids is 1. The number of nitrogens with zero attached hydrogens (tertiary/aromatic N) is 3. The molecule has 2 aromatic carbocycles. The zero-order valence-electron chi connectivity index (χ0n) is 14.3. The largest absolute Gasteiger partial charge is 0.418 e. The molecule has 0 saturated carbocycles. The Balaban J connectivity index is 1.50. The minimum Gasteiger partial charge on any atom is -0.418 e. The van der Waals surface area contributed by atoms with Gasteiger partial charge in [0.15, 0.2) is 5.78 Å². The molecule has 5 heteroatoms. The van der Waals surface area contributed by atoms with Crippen LogP contribution in [0.3, 0.4) is 0 Å². The fourth-order valence-corrected chi connectivity index (χ4v) is 3.16. The van der Waals surface area contributed by atoms with Crippen molar-refractivity contribution in [3.8, 4) is 11.5 Å². The molecular weight excluding hydrogens is 326 g/mol. The van der Waals surface area contributed by atoms with Crippen molar-refractivity contribution < 1.29 is 9.21 Å². The van der Waals surface area contributed by atoms with E-state index in [0.29, 0.717) is 17.3 Å². The number of benzene rings is 2. The lowest BCUT2D eigenvalue weighted by Gasteiger charge is -2.19. The topological polar surface area (TPSA) is 59.2 Å². The van der Waals surface area contributed by atoms with Crippen molar-refractivity contribution >= 4 is 5.78 Å². The summed E-state index contributed by atoms with van der Waals surface area (Å²) < 4.78 is 5.89. The quantitative estimate of drug-likeness (QED) is 0.510. The molecule has 26 heavy (non-hydrogen) atoms. The Hall–Kier alpha value is -3.21. The van der Waals surface area contributed by atoms with Crippen LogP contribution in [0, 0.1) is 0 Å². The van der Waals surface area contributed by atoms with E-state index in [2.05, 4.69) is 15.1 Å². The molecule has 0 bridgehead atoms.